The molecule has 10 rings (SSSR count). The molecule has 10 aliphatic rings. The Bertz CT molecular complexity index is 1360. The van der Waals surface area contributed by atoms with Crippen LogP contribution in [0.2, 0.25) is 0 Å². The van der Waals surface area contributed by atoms with Crippen molar-refractivity contribution in [3.05, 3.63) is 0 Å². The minimum atomic E-state index is -0.813. The molecular formula is C39H63N3O10. The van der Waals surface area contributed by atoms with E-state index in [1.165, 1.54) is 0 Å². The van der Waals surface area contributed by atoms with E-state index >= 15 is 0 Å². The summed E-state index contributed by atoms with van der Waals surface area (Å²) in [6, 6.07) is -0.781. The van der Waals surface area contributed by atoms with Gasteiger partial charge in [-0.15, -0.1) is 0 Å². The maximum atomic E-state index is 13.0. The molecule has 13 nitrogen and oxygen atoms in total. The number of hydrogen-bond donors (Lipinski definition) is 3. The van der Waals surface area contributed by atoms with Gasteiger partial charge in [-0.3, -0.25) is 9.59 Å². The highest BCUT2D eigenvalue weighted by Gasteiger charge is 2.70. The van der Waals surface area contributed by atoms with Gasteiger partial charge in [0.1, 0.15) is 0 Å². The summed E-state index contributed by atoms with van der Waals surface area (Å²) in [5.74, 6) is 0.598. The number of amides is 2. The summed E-state index contributed by atoms with van der Waals surface area (Å²) in [5, 5.41) is 6.03. The molecule has 2 amide bonds. The van der Waals surface area contributed by atoms with Crippen LogP contribution in [0, 0.1) is 47.3 Å². The second kappa shape index (κ2) is 14.0. The minimum Gasteiger partial charge on any atom is -0.356 e. The van der Waals surface area contributed by atoms with Crippen LogP contribution in [0.25, 0.3) is 0 Å². The van der Waals surface area contributed by atoms with E-state index in [0.29, 0.717) is 49.6 Å². The summed E-state index contributed by atoms with van der Waals surface area (Å²) < 4.78 is 26.2. The highest BCUT2D eigenvalue weighted by atomic mass is 17.3. The summed E-state index contributed by atoms with van der Waals surface area (Å²) in [6.45, 7) is 13.8. The Balaban J connectivity index is 0.779. The SMILES string of the molecule is C[C@H]1[C@@H](CCNC(=O)CC[C@H](N)C(=O)NCC[C@H]2O[C@@H]3O[C@]4(C)CC[C@H]5[C@H](C)CC[C@@H]([C@H]2C)[C@@]35OO4)O[C@@H]2O[C@]3(C)CC[C@H]4[C@H](C)CC[C@@H]1[C@@]24OO3. The van der Waals surface area contributed by atoms with Crippen molar-refractivity contribution in [3.63, 3.8) is 0 Å². The van der Waals surface area contributed by atoms with E-state index in [2.05, 4.69) is 38.3 Å². The maximum Gasteiger partial charge on any atom is 0.236 e. The molecule has 2 saturated carbocycles. The molecule has 8 saturated heterocycles. The van der Waals surface area contributed by atoms with Crippen LogP contribution in [0.1, 0.15) is 119 Å². The summed E-state index contributed by atoms with van der Waals surface area (Å²) in [4.78, 5) is 50.2. The van der Waals surface area contributed by atoms with Crippen molar-refractivity contribution in [2.24, 2.45) is 53.1 Å². The normalized spacial score (nSPS) is 51.0. The summed E-state index contributed by atoms with van der Waals surface area (Å²) >= 11 is 0. The number of ether oxygens (including phenoxy) is 4. The van der Waals surface area contributed by atoms with Crippen molar-refractivity contribution < 1.29 is 48.1 Å². The van der Waals surface area contributed by atoms with E-state index in [-0.39, 0.29) is 60.5 Å². The molecule has 8 heterocycles. The lowest BCUT2D eigenvalue weighted by Crippen LogP contribution is -2.70. The molecule has 17 atom stereocenters. The molecule has 0 unspecified atom stereocenters. The Morgan fingerprint density at radius 2 is 1.15 bits per heavy atom. The summed E-state index contributed by atoms with van der Waals surface area (Å²) in [7, 11) is 0. The standard InChI is InChI=1S/C39H63N3O10/c1-21-7-9-27-23(3)30(45-34-38(27)25(21)13-17-36(5,47-34)49-51-38)15-19-41-32(43)12-11-29(40)33(44)42-20-16-31-24(4)28-10-8-22(2)26-14-18-37(6)48-35(46-31)39(26,28)52-50-37/h21-31,34-35H,7-20,40H2,1-6H3,(H,41,43)(H,42,44)/t21-,22-,23-,24-,25+,26+,27+,28+,29+,30-,31-,34-,35-,36+,37+,38-,39-/m1/s1. The van der Waals surface area contributed by atoms with E-state index in [1.807, 2.05) is 13.8 Å². The monoisotopic (exact) mass is 733 g/mol. The van der Waals surface area contributed by atoms with E-state index in [1.54, 1.807) is 0 Å². The first kappa shape index (κ1) is 37.5. The number of rotatable bonds is 10. The number of nitrogens with one attached hydrogen (secondary N) is 2. The highest BCUT2D eigenvalue weighted by Crippen LogP contribution is 2.62. The van der Waals surface area contributed by atoms with Gasteiger partial charge < -0.3 is 35.3 Å². The molecule has 294 valence electrons. The predicted octanol–water partition coefficient (Wildman–Crippen LogP) is 4.61. The first-order valence-electron chi connectivity index (χ1n) is 20.5. The number of carbonyl (C=O) groups excluding carboxylic acids is 2. The fourth-order valence-electron chi connectivity index (χ4n) is 11.9. The van der Waals surface area contributed by atoms with Crippen LogP contribution in [-0.2, 0) is 48.1 Å². The molecular weight excluding hydrogens is 670 g/mol. The van der Waals surface area contributed by atoms with E-state index < -0.39 is 41.4 Å². The molecule has 8 aliphatic heterocycles. The van der Waals surface area contributed by atoms with Gasteiger partial charge in [-0.1, -0.05) is 27.7 Å². The van der Waals surface area contributed by atoms with Crippen LogP contribution in [-0.4, -0.2) is 78.5 Å². The maximum absolute atomic E-state index is 13.0. The number of fused-ring (bicyclic) bond motifs is 4. The highest BCUT2D eigenvalue weighted by molar-refractivity contribution is 5.82. The predicted molar refractivity (Wildman–Crippen MR) is 186 cm³/mol. The van der Waals surface area contributed by atoms with E-state index in [4.69, 9.17) is 44.2 Å². The van der Waals surface area contributed by atoms with Crippen LogP contribution >= 0.6 is 0 Å². The quantitative estimate of drug-likeness (QED) is 0.270. The fraction of sp³-hybridized carbons (Fsp3) is 0.949. The van der Waals surface area contributed by atoms with E-state index in [9.17, 15) is 9.59 Å². The smallest absolute Gasteiger partial charge is 0.236 e. The first-order valence-corrected chi connectivity index (χ1v) is 20.5. The molecule has 10 fully saturated rings. The van der Waals surface area contributed by atoms with Gasteiger partial charge in [0.2, 0.25) is 23.4 Å². The largest absolute Gasteiger partial charge is 0.356 e. The van der Waals surface area contributed by atoms with Crippen molar-refractivity contribution in [2.45, 2.75) is 172 Å². The van der Waals surface area contributed by atoms with Crippen LogP contribution in [0.4, 0.5) is 0 Å². The molecule has 4 N–H and O–H groups in total. The Morgan fingerprint density at radius 1 is 0.673 bits per heavy atom. The third-order valence-corrected chi connectivity index (χ3v) is 15.1. The van der Waals surface area contributed by atoms with Gasteiger partial charge in [0, 0.05) is 44.2 Å². The lowest BCUT2D eigenvalue weighted by molar-refractivity contribution is -0.571. The first-order chi connectivity index (χ1) is 24.8. The van der Waals surface area contributed by atoms with Gasteiger partial charge >= 0.3 is 0 Å². The van der Waals surface area contributed by atoms with Crippen LogP contribution in [0.5, 0.6) is 0 Å². The zero-order valence-electron chi connectivity index (χ0n) is 32.1. The Labute approximate surface area is 308 Å². The molecule has 0 aromatic heterocycles. The Hall–Kier alpha value is -1.42. The zero-order chi connectivity index (χ0) is 36.6. The summed E-state index contributed by atoms with van der Waals surface area (Å²) in [6.07, 6.45) is 8.49. The lowest BCUT2D eigenvalue weighted by atomic mass is 9.57. The van der Waals surface area contributed by atoms with Gasteiger partial charge in [-0.05, 0) is 107 Å². The molecule has 2 aliphatic carbocycles. The number of nitrogens with two attached hydrogens (primary N) is 1. The van der Waals surface area contributed by atoms with Gasteiger partial charge in [0.05, 0.1) is 18.2 Å². The van der Waals surface area contributed by atoms with E-state index in [0.717, 1.165) is 51.4 Å². The molecule has 2 spiro atoms. The van der Waals surface area contributed by atoms with Crippen LogP contribution < -0.4 is 16.4 Å². The average molecular weight is 734 g/mol. The van der Waals surface area contributed by atoms with Crippen LogP contribution in [0.3, 0.4) is 0 Å². The van der Waals surface area contributed by atoms with Crippen molar-refractivity contribution in [3.8, 4) is 0 Å². The topological polar surface area (TPSA) is 158 Å². The van der Waals surface area contributed by atoms with Gasteiger partial charge in [0.15, 0.2) is 23.8 Å². The van der Waals surface area contributed by atoms with Gasteiger partial charge in [-0.2, -0.15) is 0 Å². The third-order valence-electron chi connectivity index (χ3n) is 15.1. The van der Waals surface area contributed by atoms with Gasteiger partial charge in [-0.25, -0.2) is 19.6 Å². The van der Waals surface area contributed by atoms with Crippen molar-refractivity contribution in [1.29, 1.82) is 0 Å². The molecule has 52 heavy (non-hydrogen) atoms. The number of hydrogen-bond acceptors (Lipinski definition) is 11. The number of carbonyl (C=O) groups is 2. The van der Waals surface area contributed by atoms with Crippen molar-refractivity contribution in [2.75, 3.05) is 13.1 Å². The van der Waals surface area contributed by atoms with Crippen LogP contribution in [0.15, 0.2) is 0 Å². The Morgan fingerprint density at radius 3 is 1.65 bits per heavy atom. The zero-order valence-corrected chi connectivity index (χ0v) is 32.1. The lowest BCUT2D eigenvalue weighted by Gasteiger charge is -2.60. The fourth-order valence-corrected chi connectivity index (χ4v) is 11.9. The summed E-state index contributed by atoms with van der Waals surface area (Å²) in [5.41, 5.74) is 5.08. The van der Waals surface area contributed by atoms with Crippen molar-refractivity contribution in [1.82, 2.24) is 10.6 Å². The minimum absolute atomic E-state index is 0.0766. The Kier molecular flexibility index (Phi) is 10.1. The molecule has 13 heteroatoms. The second-order valence-electron chi connectivity index (χ2n) is 18.3. The second-order valence-corrected chi connectivity index (χ2v) is 18.3. The third kappa shape index (κ3) is 6.16. The van der Waals surface area contributed by atoms with Crippen molar-refractivity contribution >= 4 is 11.8 Å². The molecule has 4 bridgehead atoms. The molecule has 0 radical (unpaired) electrons. The molecule has 0 aromatic carbocycles. The average Bonchev–Trinajstić information content (AvgIpc) is 3.49. The molecule has 0 aromatic rings. The van der Waals surface area contributed by atoms with Gasteiger partial charge in [0.25, 0.3) is 0 Å².